The molecule has 4 rings (SSSR count). The maximum absolute atomic E-state index is 3.48. The third-order valence-electron chi connectivity index (χ3n) is 6.75. The molecule has 3 aromatic rings. The maximum atomic E-state index is 3.48. The van der Waals surface area contributed by atoms with E-state index >= 15 is 0 Å². The van der Waals surface area contributed by atoms with E-state index in [1.165, 1.54) is 68.1 Å². The zero-order chi connectivity index (χ0) is 26.8. The van der Waals surface area contributed by atoms with E-state index in [9.17, 15) is 0 Å². The number of allylic oxidation sites excluding steroid dienone is 4. The summed E-state index contributed by atoms with van der Waals surface area (Å²) in [5.74, 6) is 0.522. The van der Waals surface area contributed by atoms with Gasteiger partial charge in [-0.05, 0) is 10.8 Å². The summed E-state index contributed by atoms with van der Waals surface area (Å²) < 4.78 is 3.34. The fourth-order valence-corrected chi connectivity index (χ4v) is 4.67. The first-order valence-electron chi connectivity index (χ1n) is 13.0. The van der Waals surface area contributed by atoms with E-state index < -0.39 is 0 Å². The van der Waals surface area contributed by atoms with Crippen molar-refractivity contribution >= 4 is 25.8 Å². The number of hydrogen-bond acceptors (Lipinski definition) is 0. The van der Waals surface area contributed by atoms with E-state index in [0.29, 0.717) is 11.3 Å². The van der Waals surface area contributed by atoms with Gasteiger partial charge in [-0.1, -0.05) is 129 Å². The van der Waals surface area contributed by atoms with Crippen LogP contribution in [-0.2, 0) is 35.1 Å². The first kappa shape index (κ1) is 36.1. The molecule has 0 bridgehead atoms. The summed E-state index contributed by atoms with van der Waals surface area (Å²) >= 11 is 1.30. The maximum Gasteiger partial charge on any atom is -1.00 e. The van der Waals surface area contributed by atoms with Gasteiger partial charge in [-0.2, -0.15) is 11.6 Å². The van der Waals surface area contributed by atoms with Crippen LogP contribution in [0.5, 0.6) is 0 Å². The van der Waals surface area contributed by atoms with Crippen molar-refractivity contribution in [3.05, 3.63) is 76.9 Å². The predicted molar refractivity (Wildman–Crippen MR) is 155 cm³/mol. The van der Waals surface area contributed by atoms with Crippen LogP contribution in [0.2, 0.25) is 0 Å². The molecule has 202 valence electrons. The number of benzene rings is 2. The number of rotatable bonds is 1. The molecule has 1 unspecified atom stereocenters. The van der Waals surface area contributed by atoms with Crippen molar-refractivity contribution < 1.29 is 49.0 Å². The van der Waals surface area contributed by atoms with Crippen LogP contribution in [0.25, 0.3) is 21.5 Å². The van der Waals surface area contributed by atoms with E-state index in [1.807, 2.05) is 0 Å². The first-order chi connectivity index (χ1) is 16.1. The van der Waals surface area contributed by atoms with Crippen LogP contribution in [0.1, 0.15) is 93.7 Å². The summed E-state index contributed by atoms with van der Waals surface area (Å²) in [5.41, 5.74) is 6.42. The van der Waals surface area contributed by atoms with Crippen LogP contribution in [0.15, 0.2) is 59.7 Å². The van der Waals surface area contributed by atoms with Gasteiger partial charge in [0.15, 0.2) is 0 Å². The molecule has 0 radical (unpaired) electrons. The Morgan fingerprint density at radius 3 is 1.46 bits per heavy atom. The Hall–Kier alpha value is -0.877. The molecule has 0 amide bonds. The van der Waals surface area contributed by atoms with Crippen molar-refractivity contribution in [2.24, 2.45) is 11.3 Å². The molecule has 0 fully saturated rings. The van der Waals surface area contributed by atoms with Crippen LogP contribution in [0.4, 0.5) is 0 Å². The second-order valence-electron chi connectivity index (χ2n) is 12.8. The van der Waals surface area contributed by atoms with E-state index in [-0.39, 0.29) is 35.6 Å². The molecular weight excluding hydrogens is 571 g/mol. The third kappa shape index (κ3) is 9.09. The molecule has 3 aromatic carbocycles. The Morgan fingerprint density at radius 1 is 0.757 bits per heavy atom. The zero-order valence-electron chi connectivity index (χ0n) is 24.9. The Bertz CT molecular complexity index is 1150. The molecule has 0 N–H and O–H groups in total. The van der Waals surface area contributed by atoms with Crippen molar-refractivity contribution in [2.45, 2.75) is 93.4 Å². The van der Waals surface area contributed by atoms with Gasteiger partial charge in [0.2, 0.25) is 0 Å². The average Bonchev–Trinajstić information content (AvgIpc) is 3.33. The molecule has 0 saturated carbocycles. The van der Waals surface area contributed by atoms with Gasteiger partial charge in [0.25, 0.3) is 0 Å². The Morgan fingerprint density at radius 2 is 1.16 bits per heavy atom. The molecule has 37 heavy (non-hydrogen) atoms. The topological polar surface area (TPSA) is 0 Å². The minimum atomic E-state index is 0. The van der Waals surface area contributed by atoms with Crippen LogP contribution in [0.3, 0.4) is 0 Å². The van der Waals surface area contributed by atoms with E-state index in [1.54, 1.807) is 0 Å². The van der Waals surface area contributed by atoms with Gasteiger partial charge in [-0.3, -0.25) is 6.08 Å². The molecule has 0 nitrogen and oxygen atoms in total. The summed E-state index contributed by atoms with van der Waals surface area (Å²) in [6.07, 6.45) is 6.95. The number of halogens is 2. The van der Waals surface area contributed by atoms with Crippen molar-refractivity contribution in [1.82, 2.24) is 0 Å². The average molecular weight is 617 g/mol. The monoisotopic (exact) mass is 614 g/mol. The molecule has 0 aromatic heterocycles. The molecule has 0 saturated heterocycles. The fourth-order valence-electron chi connectivity index (χ4n) is 4.67. The third-order valence-corrected chi connectivity index (χ3v) is 6.75. The largest absolute Gasteiger partial charge is 1.00 e. The Labute approximate surface area is 254 Å². The van der Waals surface area contributed by atoms with Crippen molar-refractivity contribution in [1.29, 1.82) is 0 Å². The SMILES string of the molecule is CC(C)(C)c1ccc2[cH-]c3ccc(C(C)(C)C)cc3c2c1.CCC1=[C-]C(C)C=C1C(C)(C)C.[CH2]=[Zr+2].[Cl-].[Cl-]. The normalized spacial score (nSPS) is 15.4. The molecule has 1 atom stereocenters. The van der Waals surface area contributed by atoms with Crippen LogP contribution >= 0.6 is 0 Å². The molecule has 1 aliphatic rings. The summed E-state index contributed by atoms with van der Waals surface area (Å²) in [6, 6.07) is 16.1. The van der Waals surface area contributed by atoms with Gasteiger partial charge in [0, 0.05) is 0 Å². The fraction of sp³-hybridized carbons (Fsp3) is 0.471. The molecule has 0 spiro atoms. The smallest absolute Gasteiger partial charge is 1.00 e. The number of fused-ring (bicyclic) bond motifs is 3. The second kappa shape index (κ2) is 14.0. The van der Waals surface area contributed by atoms with Crippen LogP contribution in [-0.4, -0.2) is 4.21 Å². The zero-order valence-corrected chi connectivity index (χ0v) is 28.8. The standard InChI is InChI=1S/C21H25.C12H19.CH2.2ClH.Zr/c1-20(2,3)16-9-7-14-11-15-8-10-17(21(4,5)6)13-19(15)18(14)12-16;1-6-10-7-9(2)8-11(10)12(3,4)5;;;;/h7-13H,1-6H3;8-9H,6H2,1-5H3;1H2;2*1H;/q2*-1;;;;+2/p-2. The van der Waals surface area contributed by atoms with Crippen molar-refractivity contribution in [3.63, 3.8) is 0 Å². The predicted octanol–water partition coefficient (Wildman–Crippen LogP) is 4.03. The second-order valence-corrected chi connectivity index (χ2v) is 12.8. The molecule has 0 aliphatic heterocycles. The summed E-state index contributed by atoms with van der Waals surface area (Å²) in [6.45, 7) is 24.9. The summed E-state index contributed by atoms with van der Waals surface area (Å²) in [4.78, 5) is 0. The van der Waals surface area contributed by atoms with Gasteiger partial charge < -0.3 is 24.8 Å². The molecule has 1 aliphatic carbocycles. The number of hydrogen-bond donors (Lipinski definition) is 0. The Balaban J connectivity index is 0.000000701. The minimum Gasteiger partial charge on any atom is -1.00 e. The van der Waals surface area contributed by atoms with E-state index in [4.69, 9.17) is 0 Å². The summed E-state index contributed by atoms with van der Waals surface area (Å²) in [7, 11) is 0. The van der Waals surface area contributed by atoms with E-state index in [2.05, 4.69) is 135 Å². The van der Waals surface area contributed by atoms with Crippen molar-refractivity contribution in [2.75, 3.05) is 0 Å². The summed E-state index contributed by atoms with van der Waals surface area (Å²) in [5, 5.41) is 5.49. The quantitative estimate of drug-likeness (QED) is 0.363. The Kier molecular flexibility index (Phi) is 13.6. The van der Waals surface area contributed by atoms with Gasteiger partial charge in [0.1, 0.15) is 0 Å². The first-order valence-corrected chi connectivity index (χ1v) is 14.7. The van der Waals surface area contributed by atoms with Crippen LogP contribution < -0.4 is 24.8 Å². The molecule has 0 heterocycles. The van der Waals surface area contributed by atoms with Gasteiger partial charge in [0.05, 0.1) is 0 Å². The van der Waals surface area contributed by atoms with Crippen LogP contribution in [0, 0.1) is 17.4 Å². The minimum absolute atomic E-state index is 0. The van der Waals surface area contributed by atoms with E-state index in [0.717, 1.165) is 6.42 Å². The van der Waals surface area contributed by atoms with Crippen molar-refractivity contribution in [3.8, 4) is 0 Å². The molecule has 3 heteroatoms. The molecular formula is C34H46Cl2Zr-2. The van der Waals surface area contributed by atoms with Gasteiger partial charge in [-0.15, -0.1) is 39.7 Å². The van der Waals surface area contributed by atoms with Gasteiger partial charge in [-0.25, -0.2) is 5.57 Å². The van der Waals surface area contributed by atoms with Gasteiger partial charge >= 0.3 is 28.4 Å².